The van der Waals surface area contributed by atoms with Gasteiger partial charge in [0.25, 0.3) is 5.91 Å². The lowest BCUT2D eigenvalue weighted by atomic mass is 10.2. The number of methoxy groups -OCH3 is 1. The lowest BCUT2D eigenvalue weighted by Gasteiger charge is -2.14. The highest BCUT2D eigenvalue weighted by Crippen LogP contribution is 2.28. The van der Waals surface area contributed by atoms with Gasteiger partial charge in [0.15, 0.2) is 16.6 Å². The van der Waals surface area contributed by atoms with Gasteiger partial charge in [0.2, 0.25) is 0 Å². The number of carbonyl (C=O) groups excluding carboxylic acids is 1. The van der Waals surface area contributed by atoms with Crippen LogP contribution in [-0.2, 0) is 6.54 Å². The van der Waals surface area contributed by atoms with Gasteiger partial charge in [-0.25, -0.2) is 0 Å². The summed E-state index contributed by atoms with van der Waals surface area (Å²) < 4.78 is 17.5. The summed E-state index contributed by atoms with van der Waals surface area (Å²) in [5, 5.41) is 5.97. The number of benzene rings is 2. The molecule has 2 aromatic rings. The number of halogens is 1. The standard InChI is InChI=1S/C22H27BrN2O4S/c1-4-10-28-18-9-7-16(23)13-17(18)21(26)25-22(30)24-14-15-6-8-19(29-11-5-2)20(12-15)27-3/h6-9,12-13H,4-5,10-11,14H2,1-3H3,(H2,24,25,26,30). The van der Waals surface area contributed by atoms with E-state index in [-0.39, 0.29) is 11.0 Å². The minimum Gasteiger partial charge on any atom is -0.493 e. The van der Waals surface area contributed by atoms with Gasteiger partial charge in [-0.15, -0.1) is 0 Å². The molecule has 6 nitrogen and oxygen atoms in total. The molecule has 0 atom stereocenters. The Morgan fingerprint density at radius 1 is 1.00 bits per heavy atom. The Kier molecular flexibility index (Phi) is 9.89. The normalized spacial score (nSPS) is 10.3. The van der Waals surface area contributed by atoms with Gasteiger partial charge < -0.3 is 19.5 Å². The molecule has 0 saturated carbocycles. The summed E-state index contributed by atoms with van der Waals surface area (Å²) in [6.07, 6.45) is 1.77. The lowest BCUT2D eigenvalue weighted by molar-refractivity contribution is 0.0972. The van der Waals surface area contributed by atoms with Crippen LogP contribution in [0.3, 0.4) is 0 Å². The summed E-state index contributed by atoms with van der Waals surface area (Å²) in [6, 6.07) is 11.0. The maximum atomic E-state index is 12.7. The summed E-state index contributed by atoms with van der Waals surface area (Å²) in [7, 11) is 1.60. The molecule has 0 aliphatic rings. The fraction of sp³-hybridized carbons (Fsp3) is 0.364. The summed E-state index contributed by atoms with van der Waals surface area (Å²) in [4.78, 5) is 12.7. The van der Waals surface area contributed by atoms with E-state index in [4.69, 9.17) is 26.4 Å². The first-order valence-corrected chi connectivity index (χ1v) is 11.0. The molecule has 0 aliphatic heterocycles. The van der Waals surface area contributed by atoms with Crippen molar-refractivity contribution in [3.63, 3.8) is 0 Å². The van der Waals surface area contributed by atoms with E-state index in [0.29, 0.717) is 42.6 Å². The van der Waals surface area contributed by atoms with Crippen LogP contribution in [0.4, 0.5) is 0 Å². The quantitative estimate of drug-likeness (QED) is 0.460. The molecule has 0 aliphatic carbocycles. The molecule has 0 heterocycles. The van der Waals surface area contributed by atoms with Crippen molar-refractivity contribution in [3.8, 4) is 17.2 Å². The fourth-order valence-electron chi connectivity index (χ4n) is 2.57. The summed E-state index contributed by atoms with van der Waals surface area (Å²) >= 11 is 8.67. The molecule has 2 N–H and O–H groups in total. The van der Waals surface area contributed by atoms with Gasteiger partial charge >= 0.3 is 0 Å². The van der Waals surface area contributed by atoms with E-state index >= 15 is 0 Å². The minimum atomic E-state index is -0.333. The van der Waals surface area contributed by atoms with E-state index in [1.807, 2.05) is 38.1 Å². The van der Waals surface area contributed by atoms with Crippen molar-refractivity contribution in [2.24, 2.45) is 0 Å². The number of amides is 1. The molecule has 0 spiro atoms. The van der Waals surface area contributed by atoms with Gasteiger partial charge in [-0.1, -0.05) is 35.8 Å². The van der Waals surface area contributed by atoms with E-state index in [9.17, 15) is 4.79 Å². The van der Waals surface area contributed by atoms with Crippen LogP contribution in [0.25, 0.3) is 0 Å². The zero-order valence-electron chi connectivity index (χ0n) is 17.4. The predicted molar refractivity (Wildman–Crippen MR) is 126 cm³/mol. The molecule has 2 rings (SSSR count). The first kappa shape index (κ1) is 24.0. The van der Waals surface area contributed by atoms with Crippen molar-refractivity contribution in [1.29, 1.82) is 0 Å². The third-order valence-corrected chi connectivity index (χ3v) is 4.76. The van der Waals surface area contributed by atoms with Crippen LogP contribution in [0.1, 0.15) is 42.6 Å². The summed E-state index contributed by atoms with van der Waals surface area (Å²) in [5.41, 5.74) is 1.36. The molecule has 0 saturated heterocycles. The number of thiocarbonyl (C=S) groups is 1. The molecular weight excluding hydrogens is 468 g/mol. The average Bonchev–Trinajstić information content (AvgIpc) is 2.75. The van der Waals surface area contributed by atoms with Gasteiger partial charge in [-0.05, 0) is 61.0 Å². The van der Waals surface area contributed by atoms with Crippen LogP contribution < -0.4 is 24.8 Å². The lowest BCUT2D eigenvalue weighted by Crippen LogP contribution is -2.39. The van der Waals surface area contributed by atoms with Crippen molar-refractivity contribution in [2.75, 3.05) is 20.3 Å². The second-order valence-corrected chi connectivity index (χ2v) is 7.78. The Labute approximate surface area is 191 Å². The van der Waals surface area contributed by atoms with Gasteiger partial charge in [0.1, 0.15) is 5.75 Å². The molecule has 162 valence electrons. The monoisotopic (exact) mass is 494 g/mol. The Hall–Kier alpha value is -2.32. The van der Waals surface area contributed by atoms with Gasteiger partial charge in [-0.3, -0.25) is 10.1 Å². The van der Waals surface area contributed by atoms with E-state index in [1.54, 1.807) is 19.2 Å². The van der Waals surface area contributed by atoms with E-state index in [1.165, 1.54) is 0 Å². The Morgan fingerprint density at radius 3 is 2.33 bits per heavy atom. The van der Waals surface area contributed by atoms with Gasteiger partial charge in [0, 0.05) is 11.0 Å². The maximum absolute atomic E-state index is 12.7. The zero-order chi connectivity index (χ0) is 21.9. The first-order chi connectivity index (χ1) is 14.5. The number of carbonyl (C=O) groups is 1. The van der Waals surface area contributed by atoms with Crippen LogP contribution >= 0.6 is 28.1 Å². The fourth-order valence-corrected chi connectivity index (χ4v) is 3.09. The largest absolute Gasteiger partial charge is 0.493 e. The molecule has 0 radical (unpaired) electrons. The molecule has 8 heteroatoms. The van der Waals surface area contributed by atoms with Crippen LogP contribution in [0.2, 0.25) is 0 Å². The number of hydrogen-bond acceptors (Lipinski definition) is 5. The van der Waals surface area contributed by atoms with Gasteiger partial charge in [0.05, 0.1) is 25.9 Å². The van der Waals surface area contributed by atoms with Crippen molar-refractivity contribution in [3.05, 3.63) is 52.0 Å². The van der Waals surface area contributed by atoms with Crippen molar-refractivity contribution >= 4 is 39.2 Å². The third kappa shape index (κ3) is 7.18. The molecule has 0 aromatic heterocycles. The smallest absolute Gasteiger partial charge is 0.261 e. The van der Waals surface area contributed by atoms with Gasteiger partial charge in [-0.2, -0.15) is 0 Å². The Balaban J connectivity index is 1.98. The predicted octanol–water partition coefficient (Wildman–Crippen LogP) is 4.84. The van der Waals surface area contributed by atoms with Crippen molar-refractivity contribution < 1.29 is 19.0 Å². The van der Waals surface area contributed by atoms with Crippen LogP contribution in [0.5, 0.6) is 17.2 Å². The third-order valence-electron chi connectivity index (χ3n) is 4.02. The second-order valence-electron chi connectivity index (χ2n) is 6.46. The second kappa shape index (κ2) is 12.4. The molecular formula is C22H27BrN2O4S. The SMILES string of the molecule is CCCOc1ccc(CNC(=S)NC(=O)c2cc(Br)ccc2OCCC)cc1OC. The summed E-state index contributed by atoms with van der Waals surface area (Å²) in [5.74, 6) is 1.55. The molecule has 1 amide bonds. The number of ether oxygens (including phenoxy) is 3. The number of nitrogens with one attached hydrogen (secondary N) is 2. The van der Waals surface area contributed by atoms with Crippen LogP contribution in [0, 0.1) is 0 Å². The number of hydrogen-bond donors (Lipinski definition) is 2. The van der Waals surface area contributed by atoms with E-state index in [2.05, 4.69) is 26.6 Å². The minimum absolute atomic E-state index is 0.228. The average molecular weight is 495 g/mol. The van der Waals surface area contributed by atoms with E-state index < -0.39 is 0 Å². The zero-order valence-corrected chi connectivity index (χ0v) is 19.8. The highest BCUT2D eigenvalue weighted by molar-refractivity contribution is 9.10. The maximum Gasteiger partial charge on any atom is 0.261 e. The van der Waals surface area contributed by atoms with Crippen LogP contribution in [-0.4, -0.2) is 31.3 Å². The molecule has 0 unspecified atom stereocenters. The van der Waals surface area contributed by atoms with E-state index in [0.717, 1.165) is 22.9 Å². The molecule has 0 fully saturated rings. The molecule has 30 heavy (non-hydrogen) atoms. The molecule has 2 aromatic carbocycles. The van der Waals surface area contributed by atoms with Crippen molar-refractivity contribution in [1.82, 2.24) is 10.6 Å². The Morgan fingerprint density at radius 2 is 1.67 bits per heavy atom. The Bertz CT molecular complexity index is 876. The number of rotatable bonds is 10. The highest BCUT2D eigenvalue weighted by atomic mass is 79.9. The first-order valence-electron chi connectivity index (χ1n) is 9.79. The summed E-state index contributed by atoms with van der Waals surface area (Å²) in [6.45, 7) is 5.65. The van der Waals surface area contributed by atoms with Crippen LogP contribution in [0.15, 0.2) is 40.9 Å². The highest BCUT2D eigenvalue weighted by Gasteiger charge is 2.15. The van der Waals surface area contributed by atoms with Crippen molar-refractivity contribution in [2.45, 2.75) is 33.2 Å². The topological polar surface area (TPSA) is 68.8 Å². The molecule has 0 bridgehead atoms.